The molecule has 0 atom stereocenters. The van der Waals surface area contributed by atoms with Crippen molar-refractivity contribution in [1.82, 2.24) is 9.71 Å². The molecule has 1 heterocycles. The van der Waals surface area contributed by atoms with Crippen molar-refractivity contribution in [2.75, 3.05) is 4.90 Å². The highest BCUT2D eigenvalue weighted by Gasteiger charge is 2.33. The molecule has 0 amide bonds. The van der Waals surface area contributed by atoms with Gasteiger partial charge in [-0.3, -0.25) is 4.90 Å². The lowest BCUT2D eigenvalue weighted by Gasteiger charge is -2.37. The minimum atomic E-state index is -3.98. The average molecular weight is 706 g/mol. The van der Waals surface area contributed by atoms with E-state index in [-0.39, 0.29) is 22.8 Å². The molecule has 2 aliphatic carbocycles. The van der Waals surface area contributed by atoms with Crippen molar-refractivity contribution in [3.8, 4) is 11.3 Å². The monoisotopic (exact) mass is 704 g/mol. The normalized spacial score (nSPS) is 16.9. The minimum absolute atomic E-state index is 0.00391. The van der Waals surface area contributed by atoms with Crippen LogP contribution in [0.15, 0.2) is 81.1 Å². The summed E-state index contributed by atoms with van der Waals surface area (Å²) >= 11 is 3.78. The van der Waals surface area contributed by atoms with E-state index in [4.69, 9.17) is 9.98 Å². The molecule has 0 spiro atoms. The van der Waals surface area contributed by atoms with Crippen molar-refractivity contribution in [3.63, 3.8) is 0 Å². The van der Waals surface area contributed by atoms with Gasteiger partial charge < -0.3 is 0 Å². The summed E-state index contributed by atoms with van der Waals surface area (Å²) in [6.07, 6.45) is 10.9. The molecule has 2 fully saturated rings. The molecular weight excluding hydrogens is 663 g/mol. The maximum absolute atomic E-state index is 14.9. The number of hydrogen-bond donors (Lipinski definition) is 1. The van der Waals surface area contributed by atoms with Gasteiger partial charge in [0.15, 0.2) is 0 Å². The van der Waals surface area contributed by atoms with Crippen LogP contribution in [0.2, 0.25) is 0 Å². The number of aromatic nitrogens is 1. The number of rotatable bonds is 7. The molecule has 0 saturated heterocycles. The summed E-state index contributed by atoms with van der Waals surface area (Å²) in [7, 11) is -3.98. The second kappa shape index (κ2) is 14.2. The van der Waals surface area contributed by atoms with Crippen LogP contribution < -0.4 is 9.62 Å². The highest BCUT2D eigenvalue weighted by atomic mass is 79.9. The van der Waals surface area contributed by atoms with Crippen molar-refractivity contribution in [3.05, 3.63) is 88.1 Å². The second-order valence-corrected chi connectivity index (χ2v) is 15.1. The Morgan fingerprint density at radius 2 is 1.57 bits per heavy atom. The number of nitrogens with zero attached hydrogens (tertiary/aromatic N) is 3. The van der Waals surface area contributed by atoms with Crippen molar-refractivity contribution in [2.24, 2.45) is 4.99 Å². The molecule has 1 N–H and O–H groups in total. The number of anilines is 1. The summed E-state index contributed by atoms with van der Waals surface area (Å²) < 4.78 is 46.6. The third-order valence-electron chi connectivity index (χ3n) is 9.35. The van der Waals surface area contributed by atoms with E-state index < -0.39 is 10.0 Å². The van der Waals surface area contributed by atoms with Crippen LogP contribution in [0, 0.1) is 12.7 Å². The first-order chi connectivity index (χ1) is 22.2. The molecule has 3 aromatic carbocycles. The summed E-state index contributed by atoms with van der Waals surface area (Å²) in [6.45, 7) is 4.05. The number of benzene rings is 3. The first-order valence-electron chi connectivity index (χ1n) is 16.6. The number of pyridine rings is 1. The molecule has 0 bridgehead atoms. The number of fused-ring (bicyclic) bond motifs is 1. The van der Waals surface area contributed by atoms with Crippen LogP contribution in [0.3, 0.4) is 0 Å². The van der Waals surface area contributed by atoms with Gasteiger partial charge in [0.2, 0.25) is 5.96 Å². The van der Waals surface area contributed by atoms with E-state index in [2.05, 4.69) is 39.7 Å². The van der Waals surface area contributed by atoms with Crippen LogP contribution in [0.25, 0.3) is 22.0 Å². The Morgan fingerprint density at radius 1 is 0.913 bits per heavy atom. The number of nitrogens with one attached hydrogen (secondary N) is 1. The number of aryl methyl sites for hydroxylation is 2. The first-order valence-corrected chi connectivity index (χ1v) is 18.9. The standard InChI is InChI=1S/C37H42BrFN4O2S/c1-3-26-16-18-27(19-17-26)35-34(38)33-24-28(39)20-23-32(33)36(41-35)43(30-12-8-5-9-13-30)37(40-29-10-6-4-7-11-29)42-46(44,45)31-21-14-25(2)15-22-31/h14-24,29-30H,3-13H2,1-2H3,(H,40,42). The Kier molecular flexibility index (Phi) is 10.1. The Labute approximate surface area is 280 Å². The third kappa shape index (κ3) is 7.15. The van der Waals surface area contributed by atoms with Gasteiger partial charge in [0.25, 0.3) is 10.0 Å². The first kappa shape index (κ1) is 32.6. The lowest BCUT2D eigenvalue weighted by Crippen LogP contribution is -2.51. The molecule has 2 saturated carbocycles. The van der Waals surface area contributed by atoms with Gasteiger partial charge in [-0.05, 0) is 90.9 Å². The predicted octanol–water partition coefficient (Wildman–Crippen LogP) is 9.48. The molecule has 6 rings (SSSR count). The van der Waals surface area contributed by atoms with Crippen molar-refractivity contribution in [1.29, 1.82) is 0 Å². The quantitative estimate of drug-likeness (QED) is 0.154. The number of guanidine groups is 1. The van der Waals surface area contributed by atoms with Gasteiger partial charge in [0.1, 0.15) is 11.6 Å². The van der Waals surface area contributed by atoms with E-state index >= 15 is 0 Å². The third-order valence-corrected chi connectivity index (χ3v) is 11.5. The van der Waals surface area contributed by atoms with Gasteiger partial charge in [-0.25, -0.2) is 27.5 Å². The van der Waals surface area contributed by atoms with Crippen LogP contribution in [0.5, 0.6) is 0 Å². The highest BCUT2D eigenvalue weighted by Crippen LogP contribution is 2.40. The molecule has 0 radical (unpaired) electrons. The fraction of sp³-hybridized carbons (Fsp3) is 0.405. The van der Waals surface area contributed by atoms with Crippen LogP contribution in [0.4, 0.5) is 10.2 Å². The molecule has 6 nitrogen and oxygen atoms in total. The van der Waals surface area contributed by atoms with Gasteiger partial charge in [-0.15, -0.1) is 0 Å². The Morgan fingerprint density at radius 3 is 2.22 bits per heavy atom. The zero-order valence-corrected chi connectivity index (χ0v) is 29.0. The molecule has 4 aromatic rings. The van der Waals surface area contributed by atoms with Gasteiger partial charge in [0, 0.05) is 22.4 Å². The predicted molar refractivity (Wildman–Crippen MR) is 189 cm³/mol. The van der Waals surface area contributed by atoms with Crippen LogP contribution in [0.1, 0.15) is 82.3 Å². The number of hydrogen-bond acceptors (Lipinski definition) is 4. The minimum Gasteiger partial charge on any atom is -0.293 e. The number of halogens is 2. The van der Waals surface area contributed by atoms with Crippen LogP contribution in [-0.4, -0.2) is 31.4 Å². The number of aliphatic imine (C=N–C) groups is 1. The van der Waals surface area contributed by atoms with E-state index in [1.165, 1.54) is 17.7 Å². The van der Waals surface area contributed by atoms with E-state index in [0.717, 1.165) is 87.1 Å². The zero-order chi connectivity index (χ0) is 32.3. The largest absolute Gasteiger partial charge is 0.293 e. The molecule has 46 heavy (non-hydrogen) atoms. The summed E-state index contributed by atoms with van der Waals surface area (Å²) in [6, 6.07) is 19.8. The highest BCUT2D eigenvalue weighted by molar-refractivity contribution is 9.10. The second-order valence-electron chi connectivity index (χ2n) is 12.7. The van der Waals surface area contributed by atoms with Crippen molar-refractivity contribution >= 4 is 48.5 Å². The molecule has 0 aliphatic heterocycles. The summed E-state index contributed by atoms with van der Waals surface area (Å²) in [5.74, 6) is 0.533. The SMILES string of the molecule is CCc1ccc(-c2nc(N(C(=NC3CCCCC3)NS(=O)(=O)c3ccc(C)cc3)C3CCCCC3)c3ccc(F)cc3c2Br)cc1. The smallest absolute Gasteiger partial charge is 0.264 e. The van der Waals surface area contributed by atoms with Crippen molar-refractivity contribution < 1.29 is 12.8 Å². The molecule has 2 aliphatic rings. The summed E-state index contributed by atoms with van der Waals surface area (Å²) in [5.41, 5.74) is 3.76. The van der Waals surface area contributed by atoms with Gasteiger partial charge in [-0.2, -0.15) is 0 Å². The van der Waals surface area contributed by atoms with Crippen LogP contribution >= 0.6 is 15.9 Å². The summed E-state index contributed by atoms with van der Waals surface area (Å²) in [4.78, 5) is 12.7. The maximum atomic E-state index is 14.9. The van der Waals surface area contributed by atoms with Gasteiger partial charge in [0.05, 0.1) is 21.1 Å². The van der Waals surface area contributed by atoms with Crippen molar-refractivity contribution in [2.45, 2.75) is 101 Å². The number of sulfonamides is 1. The summed E-state index contributed by atoms with van der Waals surface area (Å²) in [5, 5.41) is 1.41. The van der Waals surface area contributed by atoms with E-state index in [1.54, 1.807) is 30.3 Å². The maximum Gasteiger partial charge on any atom is 0.264 e. The van der Waals surface area contributed by atoms with Crippen LogP contribution in [-0.2, 0) is 16.4 Å². The van der Waals surface area contributed by atoms with E-state index in [0.29, 0.717) is 27.3 Å². The topological polar surface area (TPSA) is 74.7 Å². The fourth-order valence-corrected chi connectivity index (χ4v) is 8.36. The average Bonchev–Trinajstić information content (AvgIpc) is 3.07. The molecule has 1 aromatic heterocycles. The molecule has 242 valence electrons. The molecular formula is C37H42BrFN4O2S. The lowest BCUT2D eigenvalue weighted by atomic mass is 9.93. The zero-order valence-electron chi connectivity index (χ0n) is 26.6. The molecule has 0 unspecified atom stereocenters. The Bertz CT molecular complexity index is 1820. The Hall–Kier alpha value is -3.30. The van der Waals surface area contributed by atoms with Gasteiger partial charge >= 0.3 is 0 Å². The van der Waals surface area contributed by atoms with E-state index in [1.807, 2.05) is 24.0 Å². The Balaban J connectivity index is 1.58. The fourth-order valence-electron chi connectivity index (χ4n) is 6.71. The molecule has 9 heteroatoms. The van der Waals surface area contributed by atoms with Gasteiger partial charge in [-0.1, -0.05) is 87.4 Å². The lowest BCUT2D eigenvalue weighted by molar-refractivity contribution is 0.428. The van der Waals surface area contributed by atoms with E-state index in [9.17, 15) is 12.8 Å².